The number of rotatable bonds is 5. The number of piperazine rings is 1. The van der Waals surface area contributed by atoms with Gasteiger partial charge in [0, 0.05) is 62.3 Å². The summed E-state index contributed by atoms with van der Waals surface area (Å²) in [5.74, 6) is 0.913. The highest BCUT2D eigenvalue weighted by molar-refractivity contribution is 5.85. The second-order valence-electron chi connectivity index (χ2n) is 10.5. The fraction of sp³-hybridized carbons (Fsp3) is 0.393. The maximum Gasteiger partial charge on any atom is 0.147 e. The zero-order chi connectivity index (χ0) is 24.9. The summed E-state index contributed by atoms with van der Waals surface area (Å²) in [5, 5.41) is 14.1. The summed E-state index contributed by atoms with van der Waals surface area (Å²) in [7, 11) is 0. The fourth-order valence-electron chi connectivity index (χ4n) is 6.09. The molecule has 0 saturated carbocycles. The van der Waals surface area contributed by atoms with E-state index in [1.807, 2.05) is 36.2 Å². The lowest BCUT2D eigenvalue weighted by Gasteiger charge is -2.56. The van der Waals surface area contributed by atoms with Gasteiger partial charge in [-0.25, -0.2) is 9.50 Å². The predicted octanol–water partition coefficient (Wildman–Crippen LogP) is 3.43. The van der Waals surface area contributed by atoms with Crippen molar-refractivity contribution in [3.63, 3.8) is 0 Å². The number of aromatic nitrogens is 5. The van der Waals surface area contributed by atoms with Crippen molar-refractivity contribution >= 4 is 17.0 Å². The standard InChI is InChI=1S/C28H29N9/c1-19-4-5-20(11-30-19)15-36-23-8-24(36)17-35(16-23)27-14-31-26(13-32-27)25-9-22(34-6-2-3-7-34)18-37-28(25)21(10-29)12-33-37/h4-5,9,11-14,18,23-24H,2-3,6-8,15-17H2,1H3. The molecule has 0 radical (unpaired) electrons. The topological polar surface area (TPSA) is 89.5 Å². The first kappa shape index (κ1) is 22.2. The number of aryl methyl sites for hydroxylation is 1. The van der Waals surface area contributed by atoms with Crippen molar-refractivity contribution in [2.24, 2.45) is 0 Å². The molecule has 8 rings (SSSR count). The van der Waals surface area contributed by atoms with Crippen LogP contribution in [0.15, 0.2) is 49.2 Å². The molecule has 9 nitrogen and oxygen atoms in total. The Bertz CT molecular complexity index is 1470. The molecule has 4 aliphatic rings. The minimum atomic E-state index is 0.531. The minimum absolute atomic E-state index is 0.531. The van der Waals surface area contributed by atoms with Crippen LogP contribution >= 0.6 is 0 Å². The van der Waals surface area contributed by atoms with Gasteiger partial charge in [-0.2, -0.15) is 10.4 Å². The molecule has 0 aliphatic carbocycles. The Labute approximate surface area is 216 Å². The number of piperidine rings is 1. The van der Waals surface area contributed by atoms with Crippen LogP contribution in [0.25, 0.3) is 16.8 Å². The van der Waals surface area contributed by atoms with Crippen molar-refractivity contribution in [1.82, 2.24) is 29.5 Å². The number of fused-ring (bicyclic) bond motifs is 3. The van der Waals surface area contributed by atoms with Crippen LogP contribution in [0, 0.1) is 18.3 Å². The normalized spacial score (nSPS) is 21.3. The maximum atomic E-state index is 9.68. The Morgan fingerprint density at radius 3 is 2.51 bits per heavy atom. The molecule has 4 aromatic heterocycles. The summed E-state index contributed by atoms with van der Waals surface area (Å²) in [6.07, 6.45) is 13.0. The lowest BCUT2D eigenvalue weighted by atomic mass is 9.87. The Morgan fingerprint density at radius 1 is 0.973 bits per heavy atom. The highest BCUT2D eigenvalue weighted by Crippen LogP contribution is 2.36. The van der Waals surface area contributed by atoms with Crippen LogP contribution in [0.2, 0.25) is 0 Å². The van der Waals surface area contributed by atoms with E-state index in [0.717, 1.165) is 66.7 Å². The lowest BCUT2D eigenvalue weighted by molar-refractivity contribution is -0.00877. The van der Waals surface area contributed by atoms with Crippen molar-refractivity contribution in [2.75, 3.05) is 36.0 Å². The summed E-state index contributed by atoms with van der Waals surface area (Å²) < 4.78 is 1.81. The SMILES string of the molecule is Cc1ccc(CN2C3CC2CN(c2cnc(-c4cc(N5CCCC5)cn5ncc(C#N)c45)cn2)C3)cn1. The van der Waals surface area contributed by atoms with Gasteiger partial charge < -0.3 is 9.80 Å². The molecular weight excluding hydrogens is 462 g/mol. The van der Waals surface area contributed by atoms with E-state index in [2.05, 4.69) is 49.1 Å². The molecule has 9 heteroatoms. The smallest absolute Gasteiger partial charge is 0.147 e. The van der Waals surface area contributed by atoms with Crippen molar-refractivity contribution in [2.45, 2.75) is 44.8 Å². The number of nitriles is 1. The molecule has 8 heterocycles. The van der Waals surface area contributed by atoms with Gasteiger partial charge in [-0.15, -0.1) is 0 Å². The van der Waals surface area contributed by atoms with E-state index in [1.165, 1.54) is 24.8 Å². The number of nitrogens with zero attached hydrogens (tertiary/aromatic N) is 9. The molecule has 0 spiro atoms. The van der Waals surface area contributed by atoms with Crippen LogP contribution in [-0.2, 0) is 6.54 Å². The molecule has 2 bridgehead atoms. The van der Waals surface area contributed by atoms with Gasteiger partial charge in [0.15, 0.2) is 0 Å². The summed E-state index contributed by atoms with van der Waals surface area (Å²) >= 11 is 0. The first-order valence-electron chi connectivity index (χ1n) is 13.1. The molecule has 2 atom stereocenters. The molecule has 0 aromatic carbocycles. The molecular formula is C28H29N9. The molecule has 4 saturated heterocycles. The zero-order valence-electron chi connectivity index (χ0n) is 21.0. The monoisotopic (exact) mass is 491 g/mol. The summed E-state index contributed by atoms with van der Waals surface area (Å²) in [6, 6.07) is 9.76. The minimum Gasteiger partial charge on any atom is -0.370 e. The third kappa shape index (κ3) is 3.89. The summed E-state index contributed by atoms with van der Waals surface area (Å²) in [4.78, 5) is 21.4. The van der Waals surface area contributed by atoms with Gasteiger partial charge in [-0.1, -0.05) is 6.07 Å². The van der Waals surface area contributed by atoms with Crippen molar-refractivity contribution < 1.29 is 0 Å². The van der Waals surface area contributed by atoms with Crippen LogP contribution in [-0.4, -0.2) is 67.7 Å². The Hall–Kier alpha value is -4.03. The Morgan fingerprint density at radius 2 is 1.81 bits per heavy atom. The molecule has 4 aromatic rings. The first-order valence-corrected chi connectivity index (χ1v) is 13.1. The maximum absolute atomic E-state index is 9.68. The van der Waals surface area contributed by atoms with Gasteiger partial charge in [0.2, 0.25) is 0 Å². The van der Waals surface area contributed by atoms with Gasteiger partial charge in [0.05, 0.1) is 47.2 Å². The third-order valence-electron chi connectivity index (χ3n) is 8.11. The van der Waals surface area contributed by atoms with Gasteiger partial charge in [0.1, 0.15) is 11.9 Å². The van der Waals surface area contributed by atoms with E-state index < -0.39 is 0 Å². The average molecular weight is 492 g/mol. The van der Waals surface area contributed by atoms with Crippen molar-refractivity contribution in [3.8, 4) is 17.3 Å². The molecule has 0 N–H and O–H groups in total. The summed E-state index contributed by atoms with van der Waals surface area (Å²) in [5.41, 5.74) is 6.44. The van der Waals surface area contributed by atoms with E-state index in [9.17, 15) is 5.26 Å². The lowest BCUT2D eigenvalue weighted by Crippen LogP contribution is -2.68. The highest BCUT2D eigenvalue weighted by atomic mass is 15.4. The van der Waals surface area contributed by atoms with E-state index in [-0.39, 0.29) is 0 Å². The largest absolute Gasteiger partial charge is 0.370 e. The second kappa shape index (κ2) is 8.82. The van der Waals surface area contributed by atoms with Crippen molar-refractivity contribution in [1.29, 1.82) is 5.26 Å². The number of hydrogen-bond acceptors (Lipinski definition) is 8. The first-order chi connectivity index (χ1) is 18.2. The van der Waals surface area contributed by atoms with Gasteiger partial charge in [0.25, 0.3) is 0 Å². The third-order valence-corrected chi connectivity index (χ3v) is 8.11. The summed E-state index contributed by atoms with van der Waals surface area (Å²) in [6.45, 7) is 6.97. The van der Waals surface area contributed by atoms with E-state index in [0.29, 0.717) is 17.6 Å². The second-order valence-corrected chi connectivity index (χ2v) is 10.5. The number of anilines is 2. The molecule has 2 unspecified atom stereocenters. The van der Waals surface area contributed by atoms with E-state index in [1.54, 1.807) is 6.20 Å². The molecule has 4 aliphatic heterocycles. The molecule has 186 valence electrons. The quantitative estimate of drug-likeness (QED) is 0.420. The fourth-order valence-corrected chi connectivity index (χ4v) is 6.09. The van der Waals surface area contributed by atoms with Crippen LogP contribution in [0.4, 0.5) is 11.5 Å². The Balaban J connectivity index is 1.12. The van der Waals surface area contributed by atoms with Gasteiger partial charge >= 0.3 is 0 Å². The number of hydrogen-bond donors (Lipinski definition) is 0. The molecule has 4 fully saturated rings. The average Bonchev–Trinajstić information content (AvgIpc) is 3.63. The van der Waals surface area contributed by atoms with E-state index in [4.69, 9.17) is 9.97 Å². The van der Waals surface area contributed by atoms with Crippen LogP contribution in [0.3, 0.4) is 0 Å². The van der Waals surface area contributed by atoms with Gasteiger partial charge in [-0.3, -0.25) is 14.9 Å². The van der Waals surface area contributed by atoms with Crippen LogP contribution in [0.1, 0.15) is 36.1 Å². The Kier molecular flexibility index (Phi) is 5.29. The van der Waals surface area contributed by atoms with Crippen LogP contribution in [0.5, 0.6) is 0 Å². The van der Waals surface area contributed by atoms with Crippen molar-refractivity contribution in [3.05, 3.63) is 66.0 Å². The molecule has 37 heavy (non-hydrogen) atoms. The van der Waals surface area contributed by atoms with Gasteiger partial charge in [-0.05, 0) is 43.9 Å². The highest BCUT2D eigenvalue weighted by Gasteiger charge is 2.44. The molecule has 0 amide bonds. The van der Waals surface area contributed by atoms with Crippen LogP contribution < -0.4 is 9.80 Å². The predicted molar refractivity (Wildman–Crippen MR) is 141 cm³/mol. The number of pyridine rings is 2. The van der Waals surface area contributed by atoms with E-state index >= 15 is 0 Å². The zero-order valence-corrected chi connectivity index (χ0v) is 21.0.